The predicted octanol–water partition coefficient (Wildman–Crippen LogP) is 3.81. The summed E-state index contributed by atoms with van der Waals surface area (Å²) in [6.07, 6.45) is 0.461. The monoisotopic (exact) mass is 433 g/mol. The average molecular weight is 433 g/mol. The van der Waals surface area contributed by atoms with Crippen molar-refractivity contribution in [3.8, 4) is 11.5 Å². The van der Waals surface area contributed by atoms with Crippen molar-refractivity contribution in [2.45, 2.75) is 40.3 Å². The lowest BCUT2D eigenvalue weighted by Gasteiger charge is -2.12. The fraction of sp³-hybridized carbons (Fsp3) is 0.381. The van der Waals surface area contributed by atoms with Gasteiger partial charge in [0.05, 0.1) is 37.3 Å². The van der Waals surface area contributed by atoms with Crippen LogP contribution in [0.4, 0.5) is 14.5 Å². The van der Waals surface area contributed by atoms with Gasteiger partial charge in [-0.1, -0.05) is 6.07 Å². The molecule has 2 aromatic heterocycles. The third-order valence-corrected chi connectivity index (χ3v) is 4.32. The number of anilines is 1. The molecule has 0 bridgehead atoms. The first kappa shape index (κ1) is 22.3. The van der Waals surface area contributed by atoms with Crippen molar-refractivity contribution in [3.63, 3.8) is 0 Å². The van der Waals surface area contributed by atoms with Crippen molar-refractivity contribution in [3.05, 3.63) is 53.6 Å². The third-order valence-electron chi connectivity index (χ3n) is 4.32. The number of alkyl halides is 2. The molecule has 0 aliphatic carbocycles. The molecule has 1 amide bonds. The summed E-state index contributed by atoms with van der Waals surface area (Å²) in [4.78, 5) is 12.3. The minimum atomic E-state index is -2.70. The fourth-order valence-electron chi connectivity index (χ4n) is 3.10. The summed E-state index contributed by atoms with van der Waals surface area (Å²) in [5.41, 5.74) is 1.55. The van der Waals surface area contributed by atoms with Crippen LogP contribution in [0.3, 0.4) is 0 Å². The highest BCUT2D eigenvalue weighted by molar-refractivity contribution is 5.90. The molecule has 0 saturated heterocycles. The number of hydrogen-bond donors (Lipinski definition) is 1. The maximum atomic E-state index is 13.1. The van der Waals surface area contributed by atoms with E-state index in [1.807, 2.05) is 32.0 Å². The van der Waals surface area contributed by atoms with Gasteiger partial charge in [0.25, 0.3) is 6.43 Å². The van der Waals surface area contributed by atoms with Crippen LogP contribution >= 0.6 is 0 Å². The van der Waals surface area contributed by atoms with Crippen LogP contribution in [0.15, 0.2) is 36.7 Å². The number of rotatable bonds is 10. The normalized spacial score (nSPS) is 11.0. The molecule has 166 valence electrons. The first-order valence-electron chi connectivity index (χ1n) is 9.92. The van der Waals surface area contributed by atoms with E-state index in [0.717, 1.165) is 10.2 Å². The highest BCUT2D eigenvalue weighted by Crippen LogP contribution is 2.29. The molecule has 1 aromatic carbocycles. The van der Waals surface area contributed by atoms with Gasteiger partial charge in [-0.2, -0.15) is 10.2 Å². The van der Waals surface area contributed by atoms with Crippen LogP contribution in [0, 0.1) is 6.92 Å². The maximum absolute atomic E-state index is 13.1. The van der Waals surface area contributed by atoms with Gasteiger partial charge in [0.2, 0.25) is 5.91 Å². The Balaban J connectivity index is 1.64. The molecular weight excluding hydrogens is 408 g/mol. The van der Waals surface area contributed by atoms with Gasteiger partial charge < -0.3 is 14.8 Å². The minimum Gasteiger partial charge on any atom is -0.490 e. The number of halogens is 2. The van der Waals surface area contributed by atoms with Crippen molar-refractivity contribution in [1.82, 2.24) is 19.6 Å². The van der Waals surface area contributed by atoms with E-state index >= 15 is 0 Å². The van der Waals surface area contributed by atoms with Crippen molar-refractivity contribution in [2.24, 2.45) is 0 Å². The summed E-state index contributed by atoms with van der Waals surface area (Å²) in [5.74, 6) is 0.870. The zero-order chi connectivity index (χ0) is 22.4. The van der Waals surface area contributed by atoms with Crippen molar-refractivity contribution in [1.29, 1.82) is 0 Å². The molecule has 0 aliphatic rings. The number of carbonyl (C=O) groups excluding carboxylic acids is 1. The number of aromatic nitrogens is 4. The average Bonchev–Trinajstić information content (AvgIpc) is 3.30. The van der Waals surface area contributed by atoms with Crippen LogP contribution in [0.25, 0.3) is 0 Å². The molecule has 0 atom stereocenters. The Morgan fingerprint density at radius 1 is 1.16 bits per heavy atom. The molecule has 0 radical (unpaired) electrons. The molecule has 3 aromatic rings. The molecular formula is C21H25F2N5O3. The van der Waals surface area contributed by atoms with E-state index < -0.39 is 12.3 Å². The Morgan fingerprint density at radius 2 is 1.90 bits per heavy atom. The molecule has 31 heavy (non-hydrogen) atoms. The van der Waals surface area contributed by atoms with E-state index in [0.29, 0.717) is 42.6 Å². The SMILES string of the molecule is CCOc1ccc(Cn2cc(NC(=O)Cn3nc(C)cc3C(F)F)cn2)cc1OCC. The van der Waals surface area contributed by atoms with Gasteiger partial charge in [0, 0.05) is 6.20 Å². The Labute approximate surface area is 178 Å². The predicted molar refractivity (Wildman–Crippen MR) is 111 cm³/mol. The number of amides is 1. The van der Waals surface area contributed by atoms with E-state index in [4.69, 9.17) is 9.47 Å². The minimum absolute atomic E-state index is 0.288. The van der Waals surface area contributed by atoms with Gasteiger partial charge in [-0.15, -0.1) is 0 Å². The van der Waals surface area contributed by atoms with Gasteiger partial charge >= 0.3 is 0 Å². The van der Waals surface area contributed by atoms with Crippen LogP contribution in [0.2, 0.25) is 0 Å². The lowest BCUT2D eigenvalue weighted by atomic mass is 10.2. The number of aryl methyl sites for hydroxylation is 1. The molecule has 10 heteroatoms. The van der Waals surface area contributed by atoms with E-state index in [-0.39, 0.29) is 12.2 Å². The first-order chi connectivity index (χ1) is 14.9. The van der Waals surface area contributed by atoms with Gasteiger partial charge in [-0.25, -0.2) is 8.78 Å². The fourth-order valence-corrected chi connectivity index (χ4v) is 3.10. The largest absolute Gasteiger partial charge is 0.490 e. The quantitative estimate of drug-likeness (QED) is 0.526. The molecule has 0 unspecified atom stereocenters. The second-order valence-electron chi connectivity index (χ2n) is 6.79. The highest BCUT2D eigenvalue weighted by Gasteiger charge is 2.17. The van der Waals surface area contributed by atoms with Gasteiger partial charge in [0.1, 0.15) is 12.2 Å². The summed E-state index contributed by atoms with van der Waals surface area (Å²) in [7, 11) is 0. The Hall–Kier alpha value is -3.43. The highest BCUT2D eigenvalue weighted by atomic mass is 19.3. The molecule has 1 N–H and O–H groups in total. The van der Waals surface area contributed by atoms with Crippen molar-refractivity contribution >= 4 is 11.6 Å². The standard InChI is InChI=1S/C21H25F2N5O3/c1-4-30-18-7-6-15(9-19(18)31-5-2)11-27-12-16(10-24-27)25-20(29)13-28-17(21(22)23)8-14(3)26-28/h6-10,12,21H,4-5,11,13H2,1-3H3,(H,25,29). The second kappa shape index (κ2) is 10.1. The lowest BCUT2D eigenvalue weighted by Crippen LogP contribution is -2.21. The number of nitrogens with zero attached hydrogens (tertiary/aromatic N) is 4. The number of carbonyl (C=O) groups is 1. The van der Waals surface area contributed by atoms with Crippen LogP contribution in [-0.2, 0) is 17.9 Å². The van der Waals surface area contributed by atoms with Gasteiger partial charge in [0.15, 0.2) is 11.5 Å². The van der Waals surface area contributed by atoms with E-state index in [9.17, 15) is 13.6 Å². The second-order valence-corrected chi connectivity index (χ2v) is 6.79. The van der Waals surface area contributed by atoms with Gasteiger partial charge in [-0.3, -0.25) is 14.2 Å². The Bertz CT molecular complexity index is 1030. The summed E-state index contributed by atoms with van der Waals surface area (Å²) in [6, 6.07) is 6.92. The zero-order valence-electron chi connectivity index (χ0n) is 17.6. The third kappa shape index (κ3) is 5.80. The summed E-state index contributed by atoms with van der Waals surface area (Å²) in [5, 5.41) is 10.9. The molecule has 0 saturated carbocycles. The van der Waals surface area contributed by atoms with Crippen molar-refractivity contribution in [2.75, 3.05) is 18.5 Å². The Morgan fingerprint density at radius 3 is 2.61 bits per heavy atom. The van der Waals surface area contributed by atoms with Crippen LogP contribution in [-0.4, -0.2) is 38.7 Å². The summed E-state index contributed by atoms with van der Waals surface area (Å²) < 4.78 is 40.0. The lowest BCUT2D eigenvalue weighted by molar-refractivity contribution is -0.117. The van der Waals surface area contributed by atoms with E-state index in [1.54, 1.807) is 17.8 Å². The van der Waals surface area contributed by atoms with E-state index in [1.165, 1.54) is 12.3 Å². The van der Waals surface area contributed by atoms with Crippen LogP contribution in [0.1, 0.15) is 37.2 Å². The van der Waals surface area contributed by atoms with Gasteiger partial charge in [-0.05, 0) is 44.5 Å². The number of hydrogen-bond acceptors (Lipinski definition) is 5. The topological polar surface area (TPSA) is 83.2 Å². The van der Waals surface area contributed by atoms with Crippen LogP contribution in [0.5, 0.6) is 11.5 Å². The van der Waals surface area contributed by atoms with Crippen molar-refractivity contribution < 1.29 is 23.0 Å². The zero-order valence-corrected chi connectivity index (χ0v) is 17.6. The number of nitrogens with one attached hydrogen (secondary N) is 1. The van der Waals surface area contributed by atoms with Crippen LogP contribution < -0.4 is 14.8 Å². The molecule has 3 rings (SSSR count). The number of ether oxygens (including phenoxy) is 2. The maximum Gasteiger partial charge on any atom is 0.280 e. The molecule has 8 nitrogen and oxygen atoms in total. The smallest absolute Gasteiger partial charge is 0.280 e. The Kier molecular flexibility index (Phi) is 7.22. The number of benzene rings is 1. The first-order valence-corrected chi connectivity index (χ1v) is 9.92. The van der Waals surface area contributed by atoms with E-state index in [2.05, 4.69) is 15.5 Å². The molecule has 0 fully saturated rings. The molecule has 0 spiro atoms. The summed E-state index contributed by atoms with van der Waals surface area (Å²) in [6.45, 7) is 6.61. The molecule has 0 aliphatic heterocycles. The summed E-state index contributed by atoms with van der Waals surface area (Å²) >= 11 is 0. The molecule has 2 heterocycles.